The molecule has 0 radical (unpaired) electrons. The van der Waals surface area contributed by atoms with Gasteiger partial charge in [0, 0.05) is 16.8 Å². The number of allylic oxidation sites excluding steroid dienone is 2. The molecular weight excluding hydrogens is 440 g/mol. The third-order valence-corrected chi connectivity index (χ3v) is 13.5. The highest BCUT2D eigenvalue weighted by molar-refractivity contribution is 5.74. The molecule has 4 fully saturated rings. The van der Waals surface area contributed by atoms with Crippen molar-refractivity contribution in [3.8, 4) is 0 Å². The summed E-state index contributed by atoms with van der Waals surface area (Å²) in [5, 5.41) is 45.0. The Hall–Kier alpha value is -0.910. The number of fused-ring (bicyclic) bond motifs is 7. The standard InChI is InChI=1S/C30H48O5/c1-17-9-12-30(25(34)35)14-13-28(5)19(23(30)18(17)2)7-8-22-26(3)15-20(32)24(33)27(4,16-31)21(26)10-11-29(22,28)6/h7,17-18,20-24,31-33H,8-16H2,1-6H3,(H,34,35)/p-1/t17-,18+,20-,21-,22-,23+,24+,26+,27+,28-,29-,30+/m1/s1. The molecule has 5 aliphatic rings. The molecular formula is C30H47O5-. The zero-order valence-electron chi connectivity index (χ0n) is 22.6. The summed E-state index contributed by atoms with van der Waals surface area (Å²) in [5.74, 6) is 0.422. The Bertz CT molecular complexity index is 930. The van der Waals surface area contributed by atoms with Gasteiger partial charge < -0.3 is 25.2 Å². The van der Waals surface area contributed by atoms with E-state index in [4.69, 9.17) is 0 Å². The zero-order chi connectivity index (χ0) is 25.8. The molecule has 12 atom stereocenters. The maximum Gasteiger partial charge on any atom is 0.0877 e. The van der Waals surface area contributed by atoms with Crippen molar-refractivity contribution < 1.29 is 25.2 Å². The van der Waals surface area contributed by atoms with Gasteiger partial charge in [-0.2, -0.15) is 0 Å². The van der Waals surface area contributed by atoms with Gasteiger partial charge in [-0.05, 0) is 97.2 Å². The fraction of sp³-hybridized carbons (Fsp3) is 0.900. The van der Waals surface area contributed by atoms with Crippen LogP contribution in [0.4, 0.5) is 0 Å². The number of carboxylic acid groups (broad SMARTS) is 1. The Morgan fingerprint density at radius 3 is 2.34 bits per heavy atom. The fourth-order valence-corrected chi connectivity index (χ4v) is 11.0. The Labute approximate surface area is 211 Å². The monoisotopic (exact) mass is 487 g/mol. The maximum absolute atomic E-state index is 12.7. The molecule has 0 amide bonds. The van der Waals surface area contributed by atoms with Crippen LogP contribution < -0.4 is 5.11 Å². The molecule has 0 aromatic rings. The van der Waals surface area contributed by atoms with Gasteiger partial charge in [-0.25, -0.2) is 0 Å². The first-order valence-corrected chi connectivity index (χ1v) is 14.1. The number of hydrogen-bond donors (Lipinski definition) is 3. The fourth-order valence-electron chi connectivity index (χ4n) is 11.0. The molecule has 5 heteroatoms. The van der Waals surface area contributed by atoms with Crippen LogP contribution in [0.1, 0.15) is 92.9 Å². The van der Waals surface area contributed by atoms with Crippen molar-refractivity contribution in [3.63, 3.8) is 0 Å². The van der Waals surface area contributed by atoms with E-state index < -0.39 is 29.0 Å². The van der Waals surface area contributed by atoms with Crippen LogP contribution in [0, 0.1) is 56.7 Å². The topological polar surface area (TPSA) is 101 Å². The highest BCUT2D eigenvalue weighted by Crippen LogP contribution is 2.75. The lowest BCUT2D eigenvalue weighted by Crippen LogP contribution is -2.68. The van der Waals surface area contributed by atoms with E-state index in [-0.39, 0.29) is 34.7 Å². The average Bonchev–Trinajstić information content (AvgIpc) is 2.80. The van der Waals surface area contributed by atoms with Gasteiger partial charge in [0.2, 0.25) is 0 Å². The van der Waals surface area contributed by atoms with Crippen molar-refractivity contribution >= 4 is 5.97 Å². The quantitative estimate of drug-likeness (QED) is 0.516. The lowest BCUT2D eigenvalue weighted by molar-refractivity contribution is -0.328. The number of aliphatic hydroxyl groups excluding tert-OH is 3. The summed E-state index contributed by atoms with van der Waals surface area (Å²) < 4.78 is 0. The maximum atomic E-state index is 12.7. The van der Waals surface area contributed by atoms with Gasteiger partial charge in [0.25, 0.3) is 0 Å². The van der Waals surface area contributed by atoms with Gasteiger partial charge in [-0.1, -0.05) is 53.2 Å². The van der Waals surface area contributed by atoms with E-state index in [1.165, 1.54) is 5.57 Å². The Kier molecular flexibility index (Phi) is 5.73. The van der Waals surface area contributed by atoms with E-state index in [0.717, 1.165) is 38.5 Å². The van der Waals surface area contributed by atoms with E-state index in [1.807, 2.05) is 6.92 Å². The van der Waals surface area contributed by atoms with Crippen LogP contribution in [0.5, 0.6) is 0 Å². The van der Waals surface area contributed by atoms with Crippen LogP contribution in [-0.2, 0) is 4.79 Å². The Balaban J connectivity index is 1.62. The average molecular weight is 488 g/mol. The van der Waals surface area contributed by atoms with Gasteiger partial charge in [-0.3, -0.25) is 0 Å². The zero-order valence-corrected chi connectivity index (χ0v) is 22.6. The molecule has 0 saturated heterocycles. The van der Waals surface area contributed by atoms with Crippen molar-refractivity contribution in [1.29, 1.82) is 0 Å². The van der Waals surface area contributed by atoms with Crippen LogP contribution in [0.15, 0.2) is 11.6 Å². The van der Waals surface area contributed by atoms with Crippen LogP contribution >= 0.6 is 0 Å². The third kappa shape index (κ3) is 2.95. The second-order valence-electron chi connectivity index (χ2n) is 14.5. The first-order chi connectivity index (χ1) is 16.2. The predicted octanol–water partition coefficient (Wildman–Crippen LogP) is 3.70. The van der Waals surface area contributed by atoms with E-state index in [1.54, 1.807) is 0 Å². The van der Waals surface area contributed by atoms with Crippen molar-refractivity contribution in [2.45, 2.75) is 105 Å². The summed E-state index contributed by atoms with van der Waals surface area (Å²) in [6.07, 6.45) is 7.20. The summed E-state index contributed by atoms with van der Waals surface area (Å²) in [7, 11) is 0. The molecule has 0 aromatic heterocycles. The minimum absolute atomic E-state index is 0.0276. The lowest BCUT2D eigenvalue weighted by atomic mass is 9.33. The van der Waals surface area contributed by atoms with E-state index in [0.29, 0.717) is 30.6 Å². The van der Waals surface area contributed by atoms with Crippen molar-refractivity contribution in [2.24, 2.45) is 56.7 Å². The number of carbonyl (C=O) groups excluding carboxylic acids is 1. The summed E-state index contributed by atoms with van der Waals surface area (Å²) in [5.41, 5.74) is -0.434. The second-order valence-corrected chi connectivity index (χ2v) is 14.5. The van der Waals surface area contributed by atoms with Crippen LogP contribution in [0.25, 0.3) is 0 Å². The Morgan fingerprint density at radius 1 is 1.03 bits per heavy atom. The second kappa shape index (κ2) is 7.80. The molecule has 0 heterocycles. The Morgan fingerprint density at radius 2 is 1.71 bits per heavy atom. The smallest absolute Gasteiger partial charge is 0.0877 e. The lowest BCUT2D eigenvalue weighted by Gasteiger charge is -2.72. The minimum Gasteiger partial charge on any atom is -0.550 e. The van der Waals surface area contributed by atoms with Crippen molar-refractivity contribution in [3.05, 3.63) is 11.6 Å². The molecule has 0 aromatic carbocycles. The number of aliphatic hydroxyl groups is 3. The predicted molar refractivity (Wildman–Crippen MR) is 133 cm³/mol. The van der Waals surface area contributed by atoms with Crippen molar-refractivity contribution in [2.75, 3.05) is 6.61 Å². The third-order valence-electron chi connectivity index (χ3n) is 13.5. The SMILES string of the molecule is C[C@H]1[C@H](C)CC[C@]2(C(=O)[O-])CC[C@]3(C)C(=CC[C@@H]4[C@@]5(C)C[C@@H](O)[C@H](O)[C@@](C)(CO)[C@@H]5CC[C@]43C)[C@H]12. The molecule has 5 rings (SSSR count). The molecule has 5 nitrogen and oxygen atoms in total. The van der Waals surface area contributed by atoms with Gasteiger partial charge in [0.05, 0.1) is 18.8 Å². The van der Waals surface area contributed by atoms with Gasteiger partial charge in [0.15, 0.2) is 0 Å². The first-order valence-electron chi connectivity index (χ1n) is 14.1. The van der Waals surface area contributed by atoms with Crippen LogP contribution in [0.2, 0.25) is 0 Å². The molecule has 0 bridgehead atoms. The molecule has 0 unspecified atom stereocenters. The molecule has 0 aliphatic heterocycles. The molecule has 4 saturated carbocycles. The van der Waals surface area contributed by atoms with E-state index >= 15 is 0 Å². The van der Waals surface area contributed by atoms with Crippen LogP contribution in [-0.4, -0.2) is 40.1 Å². The number of carbonyl (C=O) groups is 1. The first kappa shape index (κ1) is 25.7. The van der Waals surface area contributed by atoms with Crippen molar-refractivity contribution in [1.82, 2.24) is 0 Å². The molecule has 198 valence electrons. The number of rotatable bonds is 2. The number of hydrogen-bond acceptors (Lipinski definition) is 5. The number of aliphatic carboxylic acids is 1. The van der Waals surface area contributed by atoms with Gasteiger partial charge in [0.1, 0.15) is 0 Å². The van der Waals surface area contributed by atoms with E-state index in [9.17, 15) is 25.2 Å². The molecule has 5 aliphatic carbocycles. The van der Waals surface area contributed by atoms with E-state index in [2.05, 4.69) is 40.7 Å². The number of carboxylic acids is 1. The highest BCUT2D eigenvalue weighted by Gasteiger charge is 2.70. The summed E-state index contributed by atoms with van der Waals surface area (Å²) in [4.78, 5) is 12.7. The minimum atomic E-state index is -0.914. The summed E-state index contributed by atoms with van der Waals surface area (Å²) in [6.45, 7) is 13.5. The summed E-state index contributed by atoms with van der Waals surface area (Å²) in [6, 6.07) is 0. The molecule has 3 N–H and O–H groups in total. The summed E-state index contributed by atoms with van der Waals surface area (Å²) >= 11 is 0. The molecule has 35 heavy (non-hydrogen) atoms. The van der Waals surface area contributed by atoms with Crippen LogP contribution in [0.3, 0.4) is 0 Å². The van der Waals surface area contributed by atoms with Gasteiger partial charge in [-0.15, -0.1) is 0 Å². The van der Waals surface area contributed by atoms with Gasteiger partial charge >= 0.3 is 0 Å². The largest absolute Gasteiger partial charge is 0.550 e. The molecule has 0 spiro atoms. The highest BCUT2D eigenvalue weighted by atomic mass is 16.4. The normalized spacial score (nSPS) is 57.7.